The number of carbonyl (C=O) groups is 2. The van der Waals surface area contributed by atoms with Crippen molar-refractivity contribution in [1.82, 2.24) is 10.2 Å². The van der Waals surface area contributed by atoms with E-state index < -0.39 is 5.97 Å². The Morgan fingerprint density at radius 2 is 1.83 bits per heavy atom. The minimum Gasteiger partial charge on any atom is -0.481 e. The second-order valence-corrected chi connectivity index (χ2v) is 6.05. The highest BCUT2D eigenvalue weighted by Gasteiger charge is 2.25. The number of amides is 1. The lowest BCUT2D eigenvalue weighted by Gasteiger charge is -2.29. The minimum atomic E-state index is -0.730. The van der Waals surface area contributed by atoms with Gasteiger partial charge < -0.3 is 10.4 Å². The van der Waals surface area contributed by atoms with E-state index in [1.807, 2.05) is 29.2 Å². The monoisotopic (exact) mass is 360 g/mol. The standard InChI is InChI=1S/C16H21ClN2O3.ClH/c17-14-3-1-12(2-4-14)5-8-18-15(20)11-19-9-6-13(7-10-19)16(21)22;/h1-4,13H,5-11H2,(H,18,20)(H,21,22);1H. The summed E-state index contributed by atoms with van der Waals surface area (Å²) in [6.45, 7) is 2.27. The highest BCUT2D eigenvalue weighted by molar-refractivity contribution is 6.30. The highest BCUT2D eigenvalue weighted by atomic mass is 35.5. The fourth-order valence-corrected chi connectivity index (χ4v) is 2.72. The first-order valence-corrected chi connectivity index (χ1v) is 7.88. The van der Waals surface area contributed by atoms with Crippen LogP contribution in [0.15, 0.2) is 24.3 Å². The van der Waals surface area contributed by atoms with Crippen LogP contribution in [0.2, 0.25) is 5.02 Å². The van der Waals surface area contributed by atoms with Crippen LogP contribution in [0.5, 0.6) is 0 Å². The number of hydrogen-bond donors (Lipinski definition) is 2. The molecule has 7 heteroatoms. The quantitative estimate of drug-likeness (QED) is 0.815. The number of halogens is 2. The van der Waals surface area contributed by atoms with Gasteiger partial charge in [0.05, 0.1) is 12.5 Å². The number of likely N-dealkylation sites (tertiary alicyclic amines) is 1. The average Bonchev–Trinajstić information content (AvgIpc) is 2.50. The maximum absolute atomic E-state index is 11.9. The number of aliphatic carboxylic acids is 1. The zero-order valence-electron chi connectivity index (χ0n) is 12.8. The highest BCUT2D eigenvalue weighted by Crippen LogP contribution is 2.16. The molecule has 0 spiro atoms. The summed E-state index contributed by atoms with van der Waals surface area (Å²) in [5.74, 6) is -1.00. The summed E-state index contributed by atoms with van der Waals surface area (Å²) in [6.07, 6.45) is 2.00. The number of hydrogen-bond acceptors (Lipinski definition) is 3. The van der Waals surface area contributed by atoms with E-state index in [0.29, 0.717) is 44.0 Å². The third-order valence-electron chi connectivity index (χ3n) is 3.95. The van der Waals surface area contributed by atoms with Gasteiger partial charge in [-0.3, -0.25) is 14.5 Å². The molecule has 0 atom stereocenters. The molecule has 1 aliphatic heterocycles. The smallest absolute Gasteiger partial charge is 0.306 e. The summed E-state index contributed by atoms with van der Waals surface area (Å²) in [7, 11) is 0. The molecule has 1 aliphatic rings. The van der Waals surface area contributed by atoms with E-state index in [4.69, 9.17) is 16.7 Å². The van der Waals surface area contributed by atoms with Crippen LogP contribution < -0.4 is 5.32 Å². The predicted octanol–water partition coefficient (Wildman–Crippen LogP) is 2.22. The Kier molecular flexibility index (Phi) is 8.37. The average molecular weight is 361 g/mol. The fraction of sp³-hybridized carbons (Fsp3) is 0.500. The maximum atomic E-state index is 11.9. The Morgan fingerprint density at radius 1 is 1.22 bits per heavy atom. The van der Waals surface area contributed by atoms with Crippen molar-refractivity contribution >= 4 is 35.9 Å². The first kappa shape index (κ1) is 19.7. The Morgan fingerprint density at radius 3 is 2.39 bits per heavy atom. The van der Waals surface area contributed by atoms with Crippen molar-refractivity contribution in [2.45, 2.75) is 19.3 Å². The molecule has 5 nitrogen and oxygen atoms in total. The van der Waals surface area contributed by atoms with Crippen LogP contribution in [0.3, 0.4) is 0 Å². The molecule has 0 aliphatic carbocycles. The first-order valence-electron chi connectivity index (χ1n) is 7.51. The van der Waals surface area contributed by atoms with Gasteiger partial charge in [0.25, 0.3) is 0 Å². The van der Waals surface area contributed by atoms with Crippen molar-refractivity contribution in [3.05, 3.63) is 34.9 Å². The molecule has 128 valence electrons. The van der Waals surface area contributed by atoms with E-state index in [-0.39, 0.29) is 24.2 Å². The van der Waals surface area contributed by atoms with E-state index >= 15 is 0 Å². The van der Waals surface area contributed by atoms with E-state index in [0.717, 1.165) is 12.0 Å². The van der Waals surface area contributed by atoms with Gasteiger partial charge in [-0.2, -0.15) is 0 Å². The number of carbonyl (C=O) groups excluding carboxylic acids is 1. The van der Waals surface area contributed by atoms with Gasteiger partial charge in [0.1, 0.15) is 0 Å². The summed E-state index contributed by atoms with van der Waals surface area (Å²) in [4.78, 5) is 24.8. The molecule has 1 fully saturated rings. The van der Waals surface area contributed by atoms with Gasteiger partial charge in [0.2, 0.25) is 5.91 Å². The number of nitrogens with zero attached hydrogens (tertiary/aromatic N) is 1. The molecule has 2 N–H and O–H groups in total. The van der Waals surface area contributed by atoms with Gasteiger partial charge >= 0.3 is 5.97 Å². The Hall–Kier alpha value is -1.30. The number of benzene rings is 1. The molecular weight excluding hydrogens is 339 g/mol. The summed E-state index contributed by atoms with van der Waals surface area (Å²) in [5, 5.41) is 12.5. The molecule has 0 bridgehead atoms. The van der Waals surface area contributed by atoms with Gasteiger partial charge in [-0.15, -0.1) is 12.4 Å². The topological polar surface area (TPSA) is 69.6 Å². The third kappa shape index (κ3) is 6.77. The third-order valence-corrected chi connectivity index (χ3v) is 4.21. The lowest BCUT2D eigenvalue weighted by atomic mass is 9.97. The summed E-state index contributed by atoms with van der Waals surface area (Å²) in [5.41, 5.74) is 1.13. The van der Waals surface area contributed by atoms with Crippen LogP contribution in [0.25, 0.3) is 0 Å². The molecule has 1 aromatic rings. The lowest BCUT2D eigenvalue weighted by Crippen LogP contribution is -2.43. The van der Waals surface area contributed by atoms with E-state index in [1.165, 1.54) is 0 Å². The molecule has 1 heterocycles. The predicted molar refractivity (Wildman–Crippen MR) is 92.2 cm³/mol. The second-order valence-electron chi connectivity index (χ2n) is 5.62. The molecule has 1 amide bonds. The zero-order chi connectivity index (χ0) is 15.9. The Bertz CT molecular complexity index is 515. The second kappa shape index (κ2) is 9.75. The molecule has 0 saturated carbocycles. The normalized spacial score (nSPS) is 15.7. The van der Waals surface area contributed by atoms with Gasteiger partial charge in [0, 0.05) is 11.6 Å². The number of rotatable bonds is 6. The van der Waals surface area contributed by atoms with E-state index in [1.54, 1.807) is 0 Å². The molecule has 1 saturated heterocycles. The summed E-state index contributed by atoms with van der Waals surface area (Å²) in [6, 6.07) is 7.58. The first-order chi connectivity index (χ1) is 10.5. The number of piperidine rings is 1. The molecule has 0 aromatic heterocycles. The zero-order valence-corrected chi connectivity index (χ0v) is 14.4. The van der Waals surface area contributed by atoms with Crippen LogP contribution in [0, 0.1) is 5.92 Å². The van der Waals surface area contributed by atoms with Crippen LogP contribution in [-0.4, -0.2) is 48.1 Å². The van der Waals surface area contributed by atoms with E-state index in [2.05, 4.69) is 5.32 Å². The Labute approximate surface area is 147 Å². The van der Waals surface area contributed by atoms with Crippen molar-refractivity contribution in [2.75, 3.05) is 26.2 Å². The maximum Gasteiger partial charge on any atom is 0.306 e. The van der Waals surface area contributed by atoms with Crippen molar-refractivity contribution in [2.24, 2.45) is 5.92 Å². The van der Waals surface area contributed by atoms with Gasteiger partial charge in [-0.05, 0) is 50.0 Å². The van der Waals surface area contributed by atoms with Gasteiger partial charge in [-0.25, -0.2) is 0 Å². The van der Waals surface area contributed by atoms with Crippen LogP contribution in [-0.2, 0) is 16.0 Å². The minimum absolute atomic E-state index is 0. The van der Waals surface area contributed by atoms with Crippen LogP contribution in [0.4, 0.5) is 0 Å². The molecule has 2 rings (SSSR count). The number of carboxylic acids is 1. The van der Waals surface area contributed by atoms with Crippen LogP contribution in [0.1, 0.15) is 18.4 Å². The van der Waals surface area contributed by atoms with Gasteiger partial charge in [-0.1, -0.05) is 23.7 Å². The SMILES string of the molecule is Cl.O=C(CN1CCC(C(=O)O)CC1)NCCc1ccc(Cl)cc1. The summed E-state index contributed by atoms with van der Waals surface area (Å²) < 4.78 is 0. The number of carboxylic acid groups (broad SMARTS) is 1. The molecule has 0 radical (unpaired) electrons. The Balaban J connectivity index is 0.00000264. The van der Waals surface area contributed by atoms with Crippen molar-refractivity contribution in [1.29, 1.82) is 0 Å². The molecule has 0 unspecified atom stereocenters. The van der Waals surface area contributed by atoms with Crippen LogP contribution >= 0.6 is 24.0 Å². The largest absolute Gasteiger partial charge is 0.481 e. The number of nitrogens with one attached hydrogen (secondary N) is 1. The van der Waals surface area contributed by atoms with Crippen molar-refractivity contribution in [3.63, 3.8) is 0 Å². The molecule has 23 heavy (non-hydrogen) atoms. The van der Waals surface area contributed by atoms with Crippen molar-refractivity contribution in [3.8, 4) is 0 Å². The van der Waals surface area contributed by atoms with E-state index in [9.17, 15) is 9.59 Å². The molecule has 1 aromatic carbocycles. The lowest BCUT2D eigenvalue weighted by molar-refractivity contribution is -0.143. The molecular formula is C16H22Cl2N2O3. The summed E-state index contributed by atoms with van der Waals surface area (Å²) >= 11 is 5.82. The van der Waals surface area contributed by atoms with Crippen molar-refractivity contribution < 1.29 is 14.7 Å². The van der Waals surface area contributed by atoms with Gasteiger partial charge in [0.15, 0.2) is 0 Å². The fourth-order valence-electron chi connectivity index (χ4n) is 2.59.